The molecule has 0 saturated carbocycles. The van der Waals surface area contributed by atoms with Crippen LogP contribution in [0.15, 0.2) is 53.7 Å². The molecule has 1 amide bonds. The maximum Gasteiger partial charge on any atom is 0.237 e. The van der Waals surface area contributed by atoms with Crippen LogP contribution >= 0.6 is 23.4 Å². The molecule has 9 heteroatoms. The largest absolute Gasteiger partial charge is 0.494 e. The fourth-order valence-electron chi connectivity index (χ4n) is 2.28. The first-order valence-corrected chi connectivity index (χ1v) is 9.57. The number of nitrogens with zero attached hydrogens (tertiary/aromatic N) is 4. The molecule has 0 aliphatic rings. The van der Waals surface area contributed by atoms with Crippen LogP contribution in [0.25, 0.3) is 5.69 Å². The van der Waals surface area contributed by atoms with Gasteiger partial charge in [0.2, 0.25) is 11.1 Å². The molecule has 3 aromatic rings. The second-order valence-electron chi connectivity index (χ2n) is 5.56. The Kier molecular flexibility index (Phi) is 6.31. The molecule has 0 fully saturated rings. The number of nitrogens with one attached hydrogen (secondary N) is 1. The summed E-state index contributed by atoms with van der Waals surface area (Å²) in [6, 6.07) is 14.4. The molecule has 27 heavy (non-hydrogen) atoms. The summed E-state index contributed by atoms with van der Waals surface area (Å²) in [6.45, 7) is 4.32. The van der Waals surface area contributed by atoms with Crippen molar-refractivity contribution < 1.29 is 9.53 Å². The van der Waals surface area contributed by atoms with Gasteiger partial charge in [0.15, 0.2) is 0 Å². The normalized spacial score (nSPS) is 11.8. The van der Waals surface area contributed by atoms with Crippen molar-refractivity contribution in [2.45, 2.75) is 24.3 Å². The van der Waals surface area contributed by atoms with Gasteiger partial charge in [0.1, 0.15) is 5.75 Å². The molecule has 0 aliphatic heterocycles. The highest BCUT2D eigenvalue weighted by molar-refractivity contribution is 8.00. The van der Waals surface area contributed by atoms with E-state index in [0.29, 0.717) is 22.5 Å². The van der Waals surface area contributed by atoms with E-state index in [1.54, 1.807) is 35.9 Å². The smallest absolute Gasteiger partial charge is 0.237 e. The number of hydrogen-bond acceptors (Lipinski definition) is 6. The van der Waals surface area contributed by atoms with E-state index in [1.165, 1.54) is 11.8 Å². The summed E-state index contributed by atoms with van der Waals surface area (Å²) in [7, 11) is 0. The predicted molar refractivity (Wildman–Crippen MR) is 106 cm³/mol. The Balaban J connectivity index is 1.66. The average Bonchev–Trinajstić information content (AvgIpc) is 3.11. The van der Waals surface area contributed by atoms with Crippen molar-refractivity contribution >= 4 is 35.0 Å². The summed E-state index contributed by atoms with van der Waals surface area (Å²) in [6.07, 6.45) is 0. The minimum absolute atomic E-state index is 0.148. The molecule has 1 aromatic heterocycles. The molecule has 0 aliphatic carbocycles. The van der Waals surface area contributed by atoms with E-state index < -0.39 is 5.25 Å². The lowest BCUT2D eigenvalue weighted by atomic mass is 10.3. The summed E-state index contributed by atoms with van der Waals surface area (Å²) >= 11 is 7.29. The number of ether oxygens (including phenoxy) is 1. The number of halogens is 1. The van der Waals surface area contributed by atoms with Gasteiger partial charge >= 0.3 is 0 Å². The van der Waals surface area contributed by atoms with Gasteiger partial charge in [-0.1, -0.05) is 29.4 Å². The number of anilines is 1. The molecule has 0 radical (unpaired) electrons. The Morgan fingerprint density at radius 2 is 2.07 bits per heavy atom. The molecule has 3 rings (SSSR count). The number of thioether (sulfide) groups is 1. The zero-order chi connectivity index (χ0) is 19.2. The molecular weight excluding hydrogens is 386 g/mol. The number of benzene rings is 2. The van der Waals surface area contributed by atoms with E-state index in [4.69, 9.17) is 16.3 Å². The molecule has 140 valence electrons. The molecule has 0 spiro atoms. The molecule has 0 saturated heterocycles. The van der Waals surface area contributed by atoms with Crippen molar-refractivity contribution in [3.63, 3.8) is 0 Å². The van der Waals surface area contributed by atoms with Gasteiger partial charge in [0.25, 0.3) is 0 Å². The van der Waals surface area contributed by atoms with Crippen LogP contribution in [0.4, 0.5) is 5.69 Å². The molecule has 1 N–H and O–H groups in total. The lowest BCUT2D eigenvalue weighted by molar-refractivity contribution is -0.115. The van der Waals surface area contributed by atoms with E-state index in [9.17, 15) is 4.79 Å². The third-order valence-corrected chi connectivity index (χ3v) is 4.85. The van der Waals surface area contributed by atoms with Gasteiger partial charge in [-0.25, -0.2) is 0 Å². The van der Waals surface area contributed by atoms with E-state index in [2.05, 4.69) is 20.8 Å². The Morgan fingerprint density at radius 3 is 2.78 bits per heavy atom. The highest BCUT2D eigenvalue weighted by atomic mass is 35.5. The number of tetrazole rings is 1. The van der Waals surface area contributed by atoms with Gasteiger partial charge in [-0.15, -0.1) is 5.10 Å². The molecular formula is C18H18ClN5O2S. The summed E-state index contributed by atoms with van der Waals surface area (Å²) < 4.78 is 6.95. The third kappa shape index (κ3) is 4.99. The second-order valence-corrected chi connectivity index (χ2v) is 7.30. The highest BCUT2D eigenvalue weighted by Crippen LogP contribution is 2.25. The summed E-state index contributed by atoms with van der Waals surface area (Å²) in [4.78, 5) is 12.5. The average molecular weight is 404 g/mol. The van der Waals surface area contributed by atoms with Crippen molar-refractivity contribution in [3.8, 4) is 11.4 Å². The number of aromatic nitrogens is 4. The summed E-state index contributed by atoms with van der Waals surface area (Å²) in [5.74, 6) is 0.614. The SMILES string of the molecule is CCOc1ccc(NC(=O)[C@@H](C)Sc2nnnn2-c2cccc(Cl)c2)cc1. The summed E-state index contributed by atoms with van der Waals surface area (Å²) in [5.41, 5.74) is 1.43. The van der Waals surface area contributed by atoms with Crippen LogP contribution < -0.4 is 10.1 Å². The van der Waals surface area contributed by atoms with Crippen molar-refractivity contribution in [3.05, 3.63) is 53.6 Å². The molecule has 1 heterocycles. The monoisotopic (exact) mass is 403 g/mol. The number of rotatable bonds is 7. The van der Waals surface area contributed by atoms with Crippen molar-refractivity contribution in [1.29, 1.82) is 0 Å². The number of carbonyl (C=O) groups excluding carboxylic acids is 1. The molecule has 7 nitrogen and oxygen atoms in total. The number of amides is 1. The first-order chi connectivity index (χ1) is 13.1. The molecule has 1 atom stereocenters. The van der Waals surface area contributed by atoms with Gasteiger partial charge in [-0.3, -0.25) is 4.79 Å². The van der Waals surface area contributed by atoms with E-state index in [0.717, 1.165) is 11.4 Å². The molecule has 0 bridgehead atoms. The number of hydrogen-bond donors (Lipinski definition) is 1. The Morgan fingerprint density at radius 1 is 1.30 bits per heavy atom. The Labute approximate surface area is 166 Å². The third-order valence-electron chi connectivity index (χ3n) is 3.58. The maximum atomic E-state index is 12.5. The molecule has 0 unspecified atom stereocenters. The van der Waals surface area contributed by atoms with Crippen LogP contribution in [0.3, 0.4) is 0 Å². The zero-order valence-electron chi connectivity index (χ0n) is 14.8. The van der Waals surface area contributed by atoms with E-state index in [-0.39, 0.29) is 5.91 Å². The molecule has 2 aromatic carbocycles. The van der Waals surface area contributed by atoms with E-state index in [1.807, 2.05) is 31.2 Å². The van der Waals surface area contributed by atoms with E-state index >= 15 is 0 Å². The lowest BCUT2D eigenvalue weighted by Crippen LogP contribution is -2.22. The minimum Gasteiger partial charge on any atom is -0.494 e. The topological polar surface area (TPSA) is 81.9 Å². The Bertz CT molecular complexity index is 916. The van der Waals surface area contributed by atoms with Crippen LogP contribution in [0.2, 0.25) is 5.02 Å². The van der Waals surface area contributed by atoms with Gasteiger partial charge in [-0.2, -0.15) is 4.68 Å². The zero-order valence-corrected chi connectivity index (χ0v) is 16.4. The fourth-order valence-corrected chi connectivity index (χ4v) is 3.27. The van der Waals surface area contributed by atoms with Gasteiger partial charge in [0.05, 0.1) is 17.5 Å². The summed E-state index contributed by atoms with van der Waals surface area (Å²) in [5, 5.41) is 15.3. The second kappa shape index (κ2) is 8.88. The van der Waals surface area contributed by atoms with Crippen LogP contribution in [-0.4, -0.2) is 38.0 Å². The Hall–Kier alpha value is -2.58. The van der Waals surface area contributed by atoms with Crippen molar-refractivity contribution in [2.75, 3.05) is 11.9 Å². The van der Waals surface area contributed by atoms with Gasteiger partial charge in [0, 0.05) is 10.7 Å². The van der Waals surface area contributed by atoms with Crippen LogP contribution in [-0.2, 0) is 4.79 Å². The van der Waals surface area contributed by atoms with Crippen molar-refractivity contribution in [2.24, 2.45) is 0 Å². The van der Waals surface area contributed by atoms with Crippen LogP contribution in [0.5, 0.6) is 5.75 Å². The van der Waals surface area contributed by atoms with Crippen LogP contribution in [0.1, 0.15) is 13.8 Å². The maximum absolute atomic E-state index is 12.5. The highest BCUT2D eigenvalue weighted by Gasteiger charge is 2.19. The van der Waals surface area contributed by atoms with Gasteiger partial charge < -0.3 is 10.1 Å². The number of carbonyl (C=O) groups is 1. The predicted octanol–water partition coefficient (Wildman–Crippen LogP) is 3.83. The first kappa shape index (κ1) is 19.2. The van der Waals surface area contributed by atoms with Crippen molar-refractivity contribution in [1.82, 2.24) is 20.2 Å². The standard InChI is InChI=1S/C18H18ClN5O2S/c1-3-26-16-9-7-14(8-10-16)20-17(25)12(2)27-18-21-22-23-24(18)15-6-4-5-13(19)11-15/h4-12H,3H2,1-2H3,(H,20,25)/t12-/m1/s1. The first-order valence-electron chi connectivity index (χ1n) is 8.31. The minimum atomic E-state index is -0.402. The fraction of sp³-hybridized carbons (Fsp3) is 0.222. The quantitative estimate of drug-likeness (QED) is 0.603. The van der Waals surface area contributed by atoms with Crippen LogP contribution in [0, 0.1) is 0 Å². The van der Waals surface area contributed by atoms with Gasteiger partial charge in [-0.05, 0) is 66.7 Å². The lowest BCUT2D eigenvalue weighted by Gasteiger charge is -2.12.